The number of pyridine rings is 1. The van der Waals surface area contributed by atoms with Gasteiger partial charge in [0.1, 0.15) is 29.2 Å². The number of esters is 1. The second-order valence-corrected chi connectivity index (χ2v) is 12.9. The van der Waals surface area contributed by atoms with Crippen LogP contribution < -0.4 is 10.6 Å². The van der Waals surface area contributed by atoms with Gasteiger partial charge in [0, 0.05) is 31.3 Å². The monoisotopic (exact) mass is 745 g/mol. The van der Waals surface area contributed by atoms with Crippen LogP contribution in [0.2, 0.25) is 0 Å². The van der Waals surface area contributed by atoms with E-state index in [9.17, 15) is 28.7 Å². The van der Waals surface area contributed by atoms with E-state index in [0.717, 1.165) is 6.26 Å². The van der Waals surface area contributed by atoms with Crippen LogP contribution in [-0.2, 0) is 25.5 Å². The minimum atomic E-state index is -1.50. The molecule has 6 unspecified atom stereocenters. The van der Waals surface area contributed by atoms with Gasteiger partial charge in [-0.25, -0.2) is 23.9 Å². The van der Waals surface area contributed by atoms with Crippen molar-refractivity contribution in [2.24, 2.45) is 11.8 Å². The van der Waals surface area contributed by atoms with Crippen LogP contribution >= 0.6 is 15.9 Å². The van der Waals surface area contributed by atoms with E-state index in [1.54, 1.807) is 51.1 Å². The molecule has 0 aliphatic carbocycles. The van der Waals surface area contributed by atoms with Crippen LogP contribution in [0.25, 0.3) is 0 Å². The maximum atomic E-state index is 14.8. The Hall–Kier alpha value is -4.37. The molecule has 0 aromatic carbocycles. The van der Waals surface area contributed by atoms with Crippen molar-refractivity contribution in [1.82, 2.24) is 20.2 Å². The highest BCUT2D eigenvalue weighted by Crippen LogP contribution is 2.26. The predicted molar refractivity (Wildman–Crippen MR) is 180 cm³/mol. The van der Waals surface area contributed by atoms with Crippen LogP contribution in [0.5, 0.6) is 0 Å². The first-order valence-corrected chi connectivity index (χ1v) is 16.8. The highest BCUT2D eigenvalue weighted by atomic mass is 79.9. The number of hydrogen-bond donors (Lipinski definition) is 3. The Kier molecular flexibility index (Phi) is 13.6. The second kappa shape index (κ2) is 17.9. The summed E-state index contributed by atoms with van der Waals surface area (Å²) in [6.07, 6.45) is 6.65. The van der Waals surface area contributed by atoms with Gasteiger partial charge in [-0.3, -0.25) is 14.9 Å². The first-order chi connectivity index (χ1) is 23.4. The maximum absolute atomic E-state index is 14.8. The molecule has 15 heteroatoms. The van der Waals surface area contributed by atoms with Crippen LogP contribution in [0.15, 0.2) is 69.6 Å². The largest absolute Gasteiger partial charge is 0.460 e. The number of aromatic nitrogens is 2. The molecule has 4 heterocycles. The molecule has 264 valence electrons. The zero-order valence-corrected chi connectivity index (χ0v) is 29.1. The summed E-state index contributed by atoms with van der Waals surface area (Å²) in [5, 5.41) is 15.6. The number of hydrogen-bond acceptors (Lipinski definition) is 10. The van der Waals surface area contributed by atoms with Crippen molar-refractivity contribution in [3.8, 4) is 0 Å². The number of cyclic esters (lactones) is 1. The van der Waals surface area contributed by atoms with E-state index < -0.39 is 60.1 Å². The van der Waals surface area contributed by atoms with Crippen LogP contribution in [0.4, 0.5) is 14.9 Å². The van der Waals surface area contributed by atoms with E-state index >= 15 is 0 Å². The lowest BCUT2D eigenvalue weighted by Gasteiger charge is -2.30. The maximum Gasteiger partial charge on any atom is 0.411 e. The van der Waals surface area contributed by atoms with Crippen LogP contribution in [0.3, 0.4) is 0 Å². The Morgan fingerprint density at radius 2 is 2.08 bits per heavy atom. The van der Waals surface area contributed by atoms with Crippen molar-refractivity contribution in [2.45, 2.75) is 70.9 Å². The summed E-state index contributed by atoms with van der Waals surface area (Å²) in [5.74, 6) is -2.66. The highest BCUT2D eigenvalue weighted by molar-refractivity contribution is 9.10. The molecular weight excluding hydrogens is 705 g/mol. The van der Waals surface area contributed by atoms with E-state index in [1.165, 1.54) is 23.2 Å². The smallest absolute Gasteiger partial charge is 0.411 e. The summed E-state index contributed by atoms with van der Waals surface area (Å²) in [7, 11) is 0. The molecule has 2 aliphatic heterocycles. The quantitative estimate of drug-likeness (QED) is 0.295. The number of fused-ring (bicyclic) bond motifs is 3. The summed E-state index contributed by atoms with van der Waals surface area (Å²) < 4.78 is 32.2. The average molecular weight is 747 g/mol. The normalized spacial score (nSPS) is 25.8. The van der Waals surface area contributed by atoms with Crippen molar-refractivity contribution >= 4 is 45.5 Å². The van der Waals surface area contributed by atoms with Gasteiger partial charge in [-0.1, -0.05) is 43.7 Å². The summed E-state index contributed by atoms with van der Waals surface area (Å²) in [5.41, 5.74) is 1.02. The van der Waals surface area contributed by atoms with Crippen LogP contribution in [-0.4, -0.2) is 88.0 Å². The molecule has 6 atom stereocenters. The minimum absolute atomic E-state index is 0.00830. The topological polar surface area (TPSA) is 173 Å². The lowest BCUT2D eigenvalue weighted by atomic mass is 9.93. The highest BCUT2D eigenvalue weighted by Gasteiger charge is 2.39. The van der Waals surface area contributed by atoms with Gasteiger partial charge in [-0.05, 0) is 53.9 Å². The first-order valence-electron chi connectivity index (χ1n) is 16.0. The lowest BCUT2D eigenvalue weighted by molar-refractivity contribution is -0.159. The number of nitrogens with zero attached hydrogens (tertiary/aromatic N) is 3. The summed E-state index contributed by atoms with van der Waals surface area (Å²) in [6, 6.07) is 2.38. The van der Waals surface area contributed by atoms with Gasteiger partial charge in [-0.2, -0.15) is 0 Å². The molecule has 0 spiro atoms. The third kappa shape index (κ3) is 11.3. The fourth-order valence-corrected chi connectivity index (χ4v) is 5.77. The minimum Gasteiger partial charge on any atom is -0.460 e. The number of carbonyl (C=O) groups excluding carboxylic acids is 4. The molecule has 0 radical (unpaired) electrons. The summed E-state index contributed by atoms with van der Waals surface area (Å²) in [6.45, 7) is 5.57. The molecule has 2 aliphatic rings. The Morgan fingerprint density at radius 1 is 1.29 bits per heavy atom. The second-order valence-electron chi connectivity index (χ2n) is 12.1. The number of nitrogens with one attached hydrogen (secondary N) is 2. The summed E-state index contributed by atoms with van der Waals surface area (Å²) >= 11 is 3.23. The molecule has 1 saturated heterocycles. The van der Waals surface area contributed by atoms with Crippen molar-refractivity contribution in [3.05, 3.63) is 76.7 Å². The van der Waals surface area contributed by atoms with Gasteiger partial charge < -0.3 is 29.2 Å². The number of alkyl halides is 1. The van der Waals surface area contributed by atoms with Crippen molar-refractivity contribution in [1.29, 1.82) is 0 Å². The van der Waals surface area contributed by atoms with E-state index in [-0.39, 0.29) is 44.1 Å². The van der Waals surface area contributed by atoms with E-state index in [0.29, 0.717) is 28.7 Å². The predicted octanol–water partition coefficient (Wildman–Crippen LogP) is 4.69. The zero-order valence-electron chi connectivity index (χ0n) is 27.5. The number of halogens is 2. The van der Waals surface area contributed by atoms with E-state index in [2.05, 4.69) is 36.5 Å². The fraction of sp³-hybridized carbons (Fsp3) is 0.471. The van der Waals surface area contributed by atoms with Crippen molar-refractivity contribution < 1.29 is 42.6 Å². The van der Waals surface area contributed by atoms with Crippen LogP contribution in [0, 0.1) is 11.8 Å². The van der Waals surface area contributed by atoms with Crippen LogP contribution in [0.1, 0.15) is 56.4 Å². The standard InChI is InChI=1S/C34H41BrFN5O8/c1-20-6-4-12-37-29(43)11-8-21(2)31(22(3)18-48-34(46)39-24-9-10-28(35)38-17-24)49-33(45)27-7-5-13-41(27)32(44)26-19-47-30(40-26)16-23(36)15-25(42)14-20/h4,6,8-11,14,17,19,21-23,25,27,31,42H,5,7,12-13,15-16,18H2,1-3H3,(H,37,43)(H,39,46)/b6-4?,11-8+,20-14?. The number of anilines is 1. The number of rotatable bonds is 4. The molecule has 1 fully saturated rings. The molecule has 2 aromatic rings. The number of allylic oxidation sites excluding steroid dienone is 2. The van der Waals surface area contributed by atoms with Gasteiger partial charge in [-0.15, -0.1) is 0 Å². The van der Waals surface area contributed by atoms with Gasteiger partial charge in [0.15, 0.2) is 11.6 Å². The van der Waals surface area contributed by atoms with Crippen molar-refractivity contribution in [2.75, 3.05) is 25.0 Å². The number of amides is 3. The number of ether oxygens (including phenoxy) is 2. The molecule has 2 aromatic heterocycles. The third-order valence-electron chi connectivity index (χ3n) is 8.01. The molecule has 4 rings (SSSR count). The molecular formula is C34H41BrFN5O8. The molecule has 0 saturated carbocycles. The number of aliphatic hydroxyl groups excluding tert-OH is 1. The molecule has 3 N–H and O–H groups in total. The lowest BCUT2D eigenvalue weighted by Crippen LogP contribution is -2.44. The molecule has 3 amide bonds. The SMILES string of the molecule is CC1=CC(O)CC(F)Cc2nc(co2)C(=O)N2CCCC2C(=O)OC(C(C)COC(=O)Nc2ccc(Br)nc2)C(C)/C=C/C(=O)NCC=C1. The van der Waals surface area contributed by atoms with Gasteiger partial charge >= 0.3 is 12.1 Å². The molecule has 49 heavy (non-hydrogen) atoms. The molecule has 2 bridgehead atoms. The Labute approximate surface area is 292 Å². The first kappa shape index (κ1) is 37.4. The van der Waals surface area contributed by atoms with Crippen molar-refractivity contribution in [3.63, 3.8) is 0 Å². The van der Waals surface area contributed by atoms with Gasteiger partial charge in [0.2, 0.25) is 5.91 Å². The third-order valence-corrected chi connectivity index (χ3v) is 8.48. The Balaban J connectivity index is 1.53. The molecule has 13 nitrogen and oxygen atoms in total. The van der Waals surface area contributed by atoms with Gasteiger partial charge in [0.25, 0.3) is 5.91 Å². The van der Waals surface area contributed by atoms with E-state index in [1.807, 2.05) is 0 Å². The zero-order chi connectivity index (χ0) is 35.5. The Bertz CT molecular complexity index is 1560. The van der Waals surface area contributed by atoms with Gasteiger partial charge in [0.05, 0.1) is 31.0 Å². The van der Waals surface area contributed by atoms with E-state index in [4.69, 9.17) is 13.9 Å². The number of oxazole rings is 1. The average Bonchev–Trinajstić information content (AvgIpc) is 3.74. The summed E-state index contributed by atoms with van der Waals surface area (Å²) in [4.78, 5) is 61.7. The fourth-order valence-electron chi connectivity index (χ4n) is 5.54. The number of carbonyl (C=O) groups is 4. The number of aliphatic hydroxyl groups is 1. The Morgan fingerprint density at radius 3 is 2.84 bits per heavy atom.